The molecule has 1 saturated carbocycles. The summed E-state index contributed by atoms with van der Waals surface area (Å²) in [5, 5.41) is 0. The number of anilines is 1. The van der Waals surface area contributed by atoms with E-state index in [9.17, 15) is 4.79 Å². The lowest BCUT2D eigenvalue weighted by atomic mass is 9.58. The van der Waals surface area contributed by atoms with Crippen molar-refractivity contribution in [2.75, 3.05) is 32.1 Å². The summed E-state index contributed by atoms with van der Waals surface area (Å²) < 4.78 is 11.3. The number of benzene rings is 1. The first-order chi connectivity index (χ1) is 13.0. The van der Waals surface area contributed by atoms with Crippen molar-refractivity contribution in [1.82, 2.24) is 4.90 Å². The fraction of sp³-hybridized carbons (Fsp3) is 0.571. The Kier molecular flexibility index (Phi) is 3.62. The number of fused-ring (bicyclic) bond motifs is 1. The van der Waals surface area contributed by atoms with Gasteiger partial charge in [0.2, 0.25) is 0 Å². The zero-order chi connectivity index (χ0) is 18.9. The number of esters is 1. The molecule has 0 amide bonds. The number of ether oxygens (including phenoxy) is 2. The molecule has 1 aliphatic carbocycles. The molecular weight excluding hydrogens is 342 g/mol. The van der Waals surface area contributed by atoms with Crippen LogP contribution in [0.1, 0.15) is 18.9 Å². The standard InChI is InChI=1S/C21H27N3O3/c1-12(25)27-18-14-5-4-9-24-10-8-21(19(14)24)15-7-6-13(26-3)11-16(15)23(2)20(21)17(18)22/h4-7,11,14,17-20H,8-10,22H2,1-3H3/t14?,17?,18?,19?,20?,21-/m1/s1. The Labute approximate surface area is 159 Å². The zero-order valence-electron chi connectivity index (χ0n) is 16.1. The lowest BCUT2D eigenvalue weighted by molar-refractivity contribution is -0.154. The molecule has 2 fully saturated rings. The van der Waals surface area contributed by atoms with Crippen LogP contribution in [0, 0.1) is 5.92 Å². The lowest BCUT2D eigenvalue weighted by Gasteiger charge is -2.55. The number of hydrogen-bond acceptors (Lipinski definition) is 6. The minimum absolute atomic E-state index is 0.0398. The van der Waals surface area contributed by atoms with Gasteiger partial charge in [-0.1, -0.05) is 18.2 Å². The van der Waals surface area contributed by atoms with Gasteiger partial charge in [0.15, 0.2) is 0 Å². The Morgan fingerprint density at radius 3 is 2.89 bits per heavy atom. The van der Waals surface area contributed by atoms with Gasteiger partial charge in [-0.05, 0) is 24.6 Å². The number of rotatable bonds is 2. The molecule has 27 heavy (non-hydrogen) atoms. The Hall–Kier alpha value is -2.05. The first kappa shape index (κ1) is 17.1. The first-order valence-corrected chi connectivity index (χ1v) is 9.74. The minimum Gasteiger partial charge on any atom is -0.497 e. The Bertz CT molecular complexity index is 825. The van der Waals surface area contributed by atoms with Crippen LogP contribution in [0.4, 0.5) is 5.69 Å². The normalized spacial score (nSPS) is 39.0. The quantitative estimate of drug-likeness (QED) is 0.626. The van der Waals surface area contributed by atoms with E-state index in [1.54, 1.807) is 7.11 Å². The number of carbonyl (C=O) groups is 1. The van der Waals surface area contributed by atoms with Crippen LogP contribution in [0.25, 0.3) is 0 Å². The minimum atomic E-state index is -0.304. The molecule has 6 heteroatoms. The van der Waals surface area contributed by atoms with Gasteiger partial charge < -0.3 is 20.1 Å². The molecule has 5 rings (SSSR count). The molecular formula is C21H27N3O3. The summed E-state index contributed by atoms with van der Waals surface area (Å²) in [5.41, 5.74) is 9.35. The van der Waals surface area contributed by atoms with Crippen LogP contribution in [0.3, 0.4) is 0 Å². The van der Waals surface area contributed by atoms with Crippen molar-refractivity contribution in [1.29, 1.82) is 0 Å². The van der Waals surface area contributed by atoms with Crippen LogP contribution >= 0.6 is 0 Å². The molecule has 144 valence electrons. The second-order valence-electron chi connectivity index (χ2n) is 8.33. The highest BCUT2D eigenvalue weighted by Gasteiger charge is 2.68. The molecule has 5 unspecified atom stereocenters. The number of nitrogens with two attached hydrogens (primary N) is 1. The third-order valence-corrected chi connectivity index (χ3v) is 7.25. The Morgan fingerprint density at radius 2 is 2.15 bits per heavy atom. The number of methoxy groups -OCH3 is 1. The molecule has 1 aromatic rings. The van der Waals surface area contributed by atoms with Crippen molar-refractivity contribution < 1.29 is 14.3 Å². The maximum atomic E-state index is 11.8. The van der Waals surface area contributed by atoms with Crippen LogP contribution in [-0.2, 0) is 14.9 Å². The van der Waals surface area contributed by atoms with Crippen LogP contribution in [0.2, 0.25) is 0 Å². The van der Waals surface area contributed by atoms with Crippen molar-refractivity contribution in [3.63, 3.8) is 0 Å². The topological polar surface area (TPSA) is 68.0 Å². The highest BCUT2D eigenvalue weighted by Crippen LogP contribution is 2.60. The maximum Gasteiger partial charge on any atom is 0.302 e. The van der Waals surface area contributed by atoms with Gasteiger partial charge >= 0.3 is 5.97 Å². The summed E-state index contributed by atoms with van der Waals surface area (Å²) in [6, 6.07) is 6.55. The van der Waals surface area contributed by atoms with E-state index >= 15 is 0 Å². The van der Waals surface area contributed by atoms with E-state index in [0.717, 1.165) is 25.3 Å². The van der Waals surface area contributed by atoms with Crippen molar-refractivity contribution >= 4 is 11.7 Å². The molecule has 1 aromatic carbocycles. The van der Waals surface area contributed by atoms with E-state index in [4.69, 9.17) is 15.2 Å². The monoisotopic (exact) mass is 369 g/mol. The molecule has 3 heterocycles. The highest BCUT2D eigenvalue weighted by molar-refractivity contribution is 5.70. The maximum absolute atomic E-state index is 11.8. The summed E-state index contributed by atoms with van der Waals surface area (Å²) in [6.45, 7) is 3.47. The molecule has 1 spiro atoms. The van der Waals surface area contributed by atoms with Crippen molar-refractivity contribution in [3.8, 4) is 5.75 Å². The van der Waals surface area contributed by atoms with Crippen LogP contribution in [-0.4, -0.2) is 62.3 Å². The van der Waals surface area contributed by atoms with E-state index in [2.05, 4.69) is 47.2 Å². The second-order valence-corrected chi connectivity index (χ2v) is 8.33. The van der Waals surface area contributed by atoms with Gasteiger partial charge in [-0.25, -0.2) is 0 Å². The van der Waals surface area contributed by atoms with Gasteiger partial charge in [0, 0.05) is 49.6 Å². The third kappa shape index (κ3) is 2.05. The number of nitrogens with zero attached hydrogens (tertiary/aromatic N) is 2. The second kappa shape index (κ2) is 5.72. The van der Waals surface area contributed by atoms with Gasteiger partial charge in [0.25, 0.3) is 0 Å². The van der Waals surface area contributed by atoms with E-state index in [1.165, 1.54) is 18.2 Å². The van der Waals surface area contributed by atoms with Crippen molar-refractivity contribution in [3.05, 3.63) is 35.9 Å². The van der Waals surface area contributed by atoms with Gasteiger partial charge in [-0.2, -0.15) is 0 Å². The lowest BCUT2D eigenvalue weighted by Crippen LogP contribution is -2.72. The molecule has 1 saturated heterocycles. The average molecular weight is 369 g/mol. The van der Waals surface area contributed by atoms with E-state index in [-0.39, 0.29) is 35.5 Å². The number of hydrogen-bond donors (Lipinski definition) is 1. The van der Waals surface area contributed by atoms with Gasteiger partial charge in [-0.3, -0.25) is 9.69 Å². The largest absolute Gasteiger partial charge is 0.497 e. The third-order valence-electron chi connectivity index (χ3n) is 7.25. The summed E-state index contributed by atoms with van der Waals surface area (Å²) >= 11 is 0. The molecule has 0 bridgehead atoms. The summed E-state index contributed by atoms with van der Waals surface area (Å²) in [7, 11) is 3.81. The Balaban J connectivity index is 1.70. The first-order valence-electron chi connectivity index (χ1n) is 9.74. The molecule has 6 nitrogen and oxygen atoms in total. The van der Waals surface area contributed by atoms with Crippen LogP contribution in [0.5, 0.6) is 5.75 Å². The van der Waals surface area contributed by atoms with E-state index < -0.39 is 0 Å². The SMILES string of the molecule is COc1ccc2c(c1)N(C)C1C(N)C(OC(C)=O)C3C=CCN4CC[C@]21C34. The molecule has 3 aliphatic heterocycles. The molecule has 0 radical (unpaired) electrons. The summed E-state index contributed by atoms with van der Waals surface area (Å²) in [5.74, 6) is 0.722. The number of likely N-dealkylation sites (N-methyl/N-ethyl adjacent to an activating group) is 1. The zero-order valence-corrected chi connectivity index (χ0v) is 16.1. The average Bonchev–Trinajstić information content (AvgIpc) is 3.16. The van der Waals surface area contributed by atoms with Crippen molar-refractivity contribution in [2.24, 2.45) is 11.7 Å². The van der Waals surface area contributed by atoms with Crippen LogP contribution in [0.15, 0.2) is 30.4 Å². The number of carbonyl (C=O) groups excluding carboxylic acids is 1. The summed E-state index contributed by atoms with van der Waals surface area (Å²) in [4.78, 5) is 16.7. The fourth-order valence-corrected chi connectivity index (χ4v) is 6.46. The van der Waals surface area contributed by atoms with Gasteiger partial charge in [0.05, 0.1) is 19.2 Å². The van der Waals surface area contributed by atoms with Crippen LogP contribution < -0.4 is 15.4 Å². The molecule has 0 aromatic heterocycles. The molecule has 4 aliphatic rings. The van der Waals surface area contributed by atoms with Gasteiger partial charge in [-0.15, -0.1) is 0 Å². The van der Waals surface area contributed by atoms with Crippen molar-refractivity contribution in [2.45, 2.75) is 43.0 Å². The Morgan fingerprint density at radius 1 is 1.33 bits per heavy atom. The van der Waals surface area contributed by atoms with E-state index in [1.807, 2.05) is 0 Å². The molecule has 6 atom stereocenters. The molecule has 2 N–H and O–H groups in total. The predicted molar refractivity (Wildman–Crippen MR) is 103 cm³/mol. The van der Waals surface area contributed by atoms with E-state index in [0.29, 0.717) is 6.04 Å². The smallest absolute Gasteiger partial charge is 0.302 e. The fourth-order valence-electron chi connectivity index (χ4n) is 6.46. The highest BCUT2D eigenvalue weighted by atomic mass is 16.5. The summed E-state index contributed by atoms with van der Waals surface area (Å²) in [6.07, 6.45) is 5.21. The van der Waals surface area contributed by atoms with Gasteiger partial charge in [0.1, 0.15) is 11.9 Å². The predicted octanol–water partition coefficient (Wildman–Crippen LogP) is 1.28.